The van der Waals surface area contributed by atoms with Crippen molar-refractivity contribution in [2.75, 3.05) is 0 Å². The van der Waals surface area contributed by atoms with Crippen molar-refractivity contribution in [2.45, 2.75) is 0 Å². The molecule has 6 heteroatoms. The first-order valence-corrected chi connectivity index (χ1v) is 4.97. The van der Waals surface area contributed by atoms with Gasteiger partial charge < -0.3 is 11.1 Å². The lowest BCUT2D eigenvalue weighted by Gasteiger charge is -2.00. The van der Waals surface area contributed by atoms with Crippen LogP contribution in [-0.4, -0.2) is 4.92 Å². The summed E-state index contributed by atoms with van der Waals surface area (Å²) in [4.78, 5) is 11.7. The maximum atomic E-state index is 10.6. The van der Waals surface area contributed by atoms with Gasteiger partial charge >= 0.3 is 0 Å². The number of hydrogen-bond acceptors (Lipinski definition) is 2. The number of nitro benzene ring substituents is 1. The first kappa shape index (κ1) is 13.2. The fraction of sp³-hybridized carbons (Fsp3) is 0. The zero-order valence-corrected chi connectivity index (χ0v) is 9.30. The number of hydrogen-bond donors (Lipinski definition) is 0. The van der Waals surface area contributed by atoms with Crippen LogP contribution in [0.15, 0.2) is 54.6 Å². The van der Waals surface area contributed by atoms with E-state index in [2.05, 4.69) is 0 Å². The minimum atomic E-state index is -0.382. The van der Waals surface area contributed by atoms with Crippen molar-refractivity contribution in [3.05, 3.63) is 80.7 Å². The summed E-state index contributed by atoms with van der Waals surface area (Å²) in [5, 5.41) is 10.6. The van der Waals surface area contributed by atoms with Crippen LogP contribution in [0.4, 0.5) is 5.69 Å². The van der Waals surface area contributed by atoms with Crippen LogP contribution in [-0.2, 0) is 0 Å². The zero-order chi connectivity index (χ0) is 13.4. The number of nitrogens with zero attached hydrogens (tertiary/aromatic N) is 4. The average molecular weight is 241 g/mol. The molecule has 2 aromatic rings. The zero-order valence-electron chi connectivity index (χ0n) is 9.30. The van der Waals surface area contributed by atoms with Gasteiger partial charge in [0, 0.05) is 12.1 Å². The molecule has 0 fully saturated rings. The van der Waals surface area contributed by atoms with Crippen LogP contribution in [0.3, 0.4) is 0 Å². The second-order valence-corrected chi connectivity index (χ2v) is 3.26. The Kier molecular flexibility index (Phi) is 4.90. The minimum absolute atomic E-state index is 0.122. The molecule has 0 bridgehead atoms. The van der Waals surface area contributed by atoms with E-state index in [0.717, 1.165) is 11.1 Å². The van der Waals surface area contributed by atoms with Crippen molar-refractivity contribution < 1.29 is 4.92 Å². The van der Waals surface area contributed by atoms with Gasteiger partial charge in [0.25, 0.3) is 5.69 Å². The molecular formula is C12H9N4O2-. The topological polar surface area (TPSA) is 102 Å². The summed E-state index contributed by atoms with van der Waals surface area (Å²) < 4.78 is 0. The van der Waals surface area contributed by atoms with E-state index in [0.29, 0.717) is 0 Å². The van der Waals surface area contributed by atoms with Crippen LogP contribution in [0.25, 0.3) is 27.1 Å². The molecule has 0 saturated carbocycles. The molecule has 0 aliphatic carbocycles. The maximum Gasteiger partial charge on any atom is 0.270 e. The molecule has 18 heavy (non-hydrogen) atoms. The van der Waals surface area contributed by atoms with E-state index in [-0.39, 0.29) is 10.6 Å². The molecule has 0 saturated heterocycles. The lowest BCUT2D eigenvalue weighted by Crippen LogP contribution is -1.87. The number of non-ortho nitro benzene ring substituents is 1. The summed E-state index contributed by atoms with van der Waals surface area (Å²) in [6, 6.07) is 16.2. The molecule has 0 aliphatic rings. The van der Waals surface area contributed by atoms with Crippen LogP contribution < -0.4 is 0 Å². The largest absolute Gasteiger partial charge is 0.373 e. The molecule has 90 valence electrons. The molecule has 2 rings (SSSR count). The van der Waals surface area contributed by atoms with Crippen molar-refractivity contribution in [3.8, 4) is 11.1 Å². The lowest BCUT2D eigenvalue weighted by atomic mass is 10.1. The van der Waals surface area contributed by atoms with Crippen molar-refractivity contribution in [2.24, 2.45) is 0 Å². The van der Waals surface area contributed by atoms with Gasteiger partial charge in [-0.2, -0.15) is 0 Å². The molecule has 0 spiro atoms. The van der Waals surface area contributed by atoms with Gasteiger partial charge in [0.15, 0.2) is 0 Å². The second-order valence-electron chi connectivity index (χ2n) is 3.26. The molecule has 0 radical (unpaired) electrons. The first-order valence-electron chi connectivity index (χ1n) is 4.97. The Morgan fingerprint density at radius 1 is 0.944 bits per heavy atom. The maximum absolute atomic E-state index is 10.6. The van der Waals surface area contributed by atoms with Crippen LogP contribution in [0.2, 0.25) is 0 Å². The van der Waals surface area contributed by atoms with Gasteiger partial charge in [0.05, 0.1) is 4.92 Å². The molecule has 0 atom stereocenters. The average Bonchev–Trinajstić information content (AvgIpc) is 2.41. The summed E-state index contributed by atoms with van der Waals surface area (Å²) in [6.07, 6.45) is 0. The lowest BCUT2D eigenvalue weighted by molar-refractivity contribution is -0.384. The Hall–Kier alpha value is -2.85. The Morgan fingerprint density at radius 2 is 1.50 bits per heavy atom. The summed E-state index contributed by atoms with van der Waals surface area (Å²) >= 11 is 0. The molecule has 0 aromatic heterocycles. The highest BCUT2D eigenvalue weighted by molar-refractivity contribution is 5.65. The van der Waals surface area contributed by atoms with E-state index in [4.69, 9.17) is 11.1 Å². The highest BCUT2D eigenvalue weighted by Gasteiger charge is 2.05. The standard InChI is InChI=1S/C12H9NO2.N3/c14-13(15)12-8-4-7-11(9-12)10-5-2-1-3-6-10;1-3-2/h1-9H;/q;-1. The molecule has 2 aromatic carbocycles. The third kappa shape index (κ3) is 3.62. The first-order chi connectivity index (χ1) is 8.69. The van der Waals surface area contributed by atoms with Gasteiger partial charge in [0.1, 0.15) is 0 Å². The Balaban J connectivity index is 0.000000492. The van der Waals surface area contributed by atoms with Gasteiger partial charge in [-0.25, -0.2) is 0 Å². The molecule has 0 aliphatic heterocycles. The highest BCUT2D eigenvalue weighted by atomic mass is 16.6. The van der Waals surface area contributed by atoms with Gasteiger partial charge in [-0.1, -0.05) is 42.5 Å². The SMILES string of the molecule is O=[N+]([O-])c1cccc(-c2ccccc2)c1.[N-]=[N+]=[N-]. The number of benzene rings is 2. The van der Waals surface area contributed by atoms with Crippen LogP contribution >= 0.6 is 0 Å². The molecule has 6 nitrogen and oxygen atoms in total. The molecule has 0 N–H and O–H groups in total. The molecule has 0 unspecified atom stereocenters. The third-order valence-electron chi connectivity index (χ3n) is 2.16. The van der Waals surface area contributed by atoms with Crippen molar-refractivity contribution in [3.63, 3.8) is 0 Å². The van der Waals surface area contributed by atoms with Gasteiger partial charge in [-0.15, -0.1) is 0 Å². The second kappa shape index (κ2) is 6.67. The van der Waals surface area contributed by atoms with Gasteiger partial charge in [0.2, 0.25) is 0 Å². The van der Waals surface area contributed by atoms with Crippen molar-refractivity contribution in [1.29, 1.82) is 0 Å². The number of nitro groups is 1. The number of rotatable bonds is 2. The Labute approximate surface area is 103 Å². The summed E-state index contributed by atoms with van der Waals surface area (Å²) in [5.41, 5.74) is 15.5. The van der Waals surface area contributed by atoms with E-state index >= 15 is 0 Å². The van der Waals surface area contributed by atoms with Crippen molar-refractivity contribution in [1.82, 2.24) is 0 Å². The summed E-state index contributed by atoms with van der Waals surface area (Å²) in [5.74, 6) is 0. The molecule has 0 amide bonds. The van der Waals surface area contributed by atoms with Crippen LogP contribution in [0.1, 0.15) is 0 Å². The van der Waals surface area contributed by atoms with E-state index < -0.39 is 0 Å². The van der Waals surface area contributed by atoms with Gasteiger partial charge in [-0.05, 0) is 11.1 Å². The van der Waals surface area contributed by atoms with Crippen LogP contribution in [0, 0.1) is 10.1 Å². The monoisotopic (exact) mass is 241 g/mol. The van der Waals surface area contributed by atoms with Crippen molar-refractivity contribution >= 4 is 5.69 Å². The van der Waals surface area contributed by atoms with E-state index in [9.17, 15) is 10.1 Å². The normalized spacial score (nSPS) is 8.67. The quantitative estimate of drug-likeness (QED) is 0.259. The Morgan fingerprint density at radius 3 is 2.06 bits per heavy atom. The van der Waals surface area contributed by atoms with Crippen LogP contribution in [0.5, 0.6) is 0 Å². The fourth-order valence-corrected chi connectivity index (χ4v) is 1.43. The predicted molar refractivity (Wildman–Crippen MR) is 68.6 cm³/mol. The summed E-state index contributed by atoms with van der Waals surface area (Å²) in [7, 11) is 0. The third-order valence-corrected chi connectivity index (χ3v) is 2.16. The Bertz CT molecular complexity index is 563. The van der Waals surface area contributed by atoms with E-state index in [1.54, 1.807) is 12.1 Å². The van der Waals surface area contributed by atoms with E-state index in [1.165, 1.54) is 11.0 Å². The highest BCUT2D eigenvalue weighted by Crippen LogP contribution is 2.23. The summed E-state index contributed by atoms with van der Waals surface area (Å²) in [6.45, 7) is 0. The van der Waals surface area contributed by atoms with E-state index in [1.807, 2.05) is 36.4 Å². The fourth-order valence-electron chi connectivity index (χ4n) is 1.43. The molecule has 0 heterocycles. The smallest absolute Gasteiger partial charge is 0.270 e. The predicted octanol–water partition coefficient (Wildman–Crippen LogP) is 4.13. The molecular weight excluding hydrogens is 232 g/mol. The minimum Gasteiger partial charge on any atom is -0.373 e. The van der Waals surface area contributed by atoms with Gasteiger partial charge in [-0.3, -0.25) is 15.0 Å².